The van der Waals surface area contributed by atoms with E-state index in [0.29, 0.717) is 12.8 Å². The van der Waals surface area contributed by atoms with Crippen molar-refractivity contribution in [3.8, 4) is 0 Å². The lowest BCUT2D eigenvalue weighted by molar-refractivity contribution is 0.199. The van der Waals surface area contributed by atoms with Gasteiger partial charge in [0.25, 0.3) is 0 Å². The number of rotatable bonds is 4. The Kier molecular flexibility index (Phi) is 2.79. The first-order valence-corrected chi connectivity index (χ1v) is 5.47. The van der Waals surface area contributed by atoms with E-state index in [1.54, 1.807) is 0 Å². The van der Waals surface area contributed by atoms with Crippen LogP contribution in [0.15, 0.2) is 29.2 Å². The van der Waals surface area contributed by atoms with E-state index >= 15 is 0 Å². The van der Waals surface area contributed by atoms with Gasteiger partial charge in [0.05, 0.1) is 6.61 Å². The van der Waals surface area contributed by atoms with Gasteiger partial charge in [0.15, 0.2) is 0 Å². The van der Waals surface area contributed by atoms with Crippen LogP contribution in [0.5, 0.6) is 0 Å². The third-order valence-corrected chi connectivity index (χ3v) is 2.99. The highest BCUT2D eigenvalue weighted by molar-refractivity contribution is 7.94. The average Bonchev–Trinajstić information content (AvgIpc) is 2.88. The quantitative estimate of drug-likeness (QED) is 0.706. The molecule has 1 aromatic carbocycles. The molecule has 1 nitrogen and oxygen atoms in total. The van der Waals surface area contributed by atoms with Crippen LogP contribution in [0.2, 0.25) is 0 Å². The summed E-state index contributed by atoms with van der Waals surface area (Å²) in [7, 11) is 0. The van der Waals surface area contributed by atoms with E-state index in [1.165, 1.54) is 17.6 Å². The molecule has 0 heterocycles. The minimum atomic E-state index is -1.02. The van der Waals surface area contributed by atoms with E-state index in [9.17, 15) is 4.39 Å². The highest BCUT2D eigenvalue weighted by Crippen LogP contribution is 2.41. The third kappa shape index (κ3) is 2.72. The second-order valence-corrected chi connectivity index (χ2v) is 4.68. The second kappa shape index (κ2) is 3.91. The summed E-state index contributed by atoms with van der Waals surface area (Å²) in [5.74, 6) is 0. The van der Waals surface area contributed by atoms with Crippen LogP contribution in [0.3, 0.4) is 0 Å². The number of aryl methyl sites for hydroxylation is 1. The van der Waals surface area contributed by atoms with Gasteiger partial charge in [0.2, 0.25) is 0 Å². The van der Waals surface area contributed by atoms with Gasteiger partial charge in [-0.3, -0.25) is 0 Å². The standard InChI is InChI=1S/C11H13FOS/c1-9-2-4-10(5-3-9)14-13-8-11(12)6-7-11/h2-5H,6-8H2,1H3. The average molecular weight is 212 g/mol. The molecular weight excluding hydrogens is 199 g/mol. The molecule has 1 aromatic rings. The number of alkyl halides is 1. The van der Waals surface area contributed by atoms with Gasteiger partial charge < -0.3 is 4.18 Å². The predicted octanol–water partition coefficient (Wildman–Crippen LogP) is 3.52. The van der Waals surface area contributed by atoms with Crippen molar-refractivity contribution >= 4 is 12.0 Å². The van der Waals surface area contributed by atoms with Crippen molar-refractivity contribution in [3.05, 3.63) is 29.8 Å². The van der Waals surface area contributed by atoms with Gasteiger partial charge in [0.1, 0.15) is 5.67 Å². The molecule has 0 spiro atoms. The first kappa shape index (κ1) is 9.99. The van der Waals surface area contributed by atoms with Gasteiger partial charge >= 0.3 is 0 Å². The molecule has 0 atom stereocenters. The van der Waals surface area contributed by atoms with Crippen LogP contribution in [0.1, 0.15) is 18.4 Å². The minimum absolute atomic E-state index is 0.214. The van der Waals surface area contributed by atoms with E-state index in [-0.39, 0.29) is 6.61 Å². The summed E-state index contributed by atoms with van der Waals surface area (Å²) < 4.78 is 18.4. The summed E-state index contributed by atoms with van der Waals surface area (Å²) in [5.41, 5.74) is 0.205. The van der Waals surface area contributed by atoms with E-state index in [0.717, 1.165) is 4.90 Å². The molecule has 0 aromatic heterocycles. The van der Waals surface area contributed by atoms with Crippen molar-refractivity contribution in [1.82, 2.24) is 0 Å². The number of halogens is 1. The van der Waals surface area contributed by atoms with Crippen molar-refractivity contribution in [3.63, 3.8) is 0 Å². The number of hydrogen-bond acceptors (Lipinski definition) is 2. The maximum absolute atomic E-state index is 13.1. The maximum Gasteiger partial charge on any atom is 0.135 e. The number of benzene rings is 1. The Morgan fingerprint density at radius 3 is 2.57 bits per heavy atom. The Morgan fingerprint density at radius 2 is 2.00 bits per heavy atom. The topological polar surface area (TPSA) is 9.23 Å². The fourth-order valence-corrected chi connectivity index (χ4v) is 1.73. The molecule has 1 aliphatic rings. The fraction of sp³-hybridized carbons (Fsp3) is 0.455. The van der Waals surface area contributed by atoms with E-state index in [2.05, 4.69) is 0 Å². The van der Waals surface area contributed by atoms with Crippen LogP contribution in [0.25, 0.3) is 0 Å². The zero-order valence-electron chi connectivity index (χ0n) is 8.13. The zero-order chi connectivity index (χ0) is 10.0. The molecule has 0 unspecified atom stereocenters. The van der Waals surface area contributed by atoms with Gasteiger partial charge in [-0.1, -0.05) is 17.7 Å². The van der Waals surface area contributed by atoms with Crippen molar-refractivity contribution in [2.75, 3.05) is 6.61 Å². The SMILES string of the molecule is Cc1ccc(SOCC2(F)CC2)cc1. The molecule has 14 heavy (non-hydrogen) atoms. The van der Waals surface area contributed by atoms with Crippen LogP contribution in [0, 0.1) is 6.92 Å². The largest absolute Gasteiger partial charge is 0.307 e. The fourth-order valence-electron chi connectivity index (χ4n) is 1.08. The van der Waals surface area contributed by atoms with Crippen LogP contribution >= 0.6 is 12.0 Å². The molecule has 0 bridgehead atoms. The van der Waals surface area contributed by atoms with E-state index < -0.39 is 5.67 Å². The lowest BCUT2D eigenvalue weighted by atomic mass is 10.2. The summed E-state index contributed by atoms with van der Waals surface area (Å²) in [5, 5.41) is 0. The summed E-state index contributed by atoms with van der Waals surface area (Å²) >= 11 is 1.26. The lowest BCUT2D eigenvalue weighted by Gasteiger charge is -2.05. The van der Waals surface area contributed by atoms with Crippen LogP contribution in [-0.2, 0) is 4.18 Å². The summed E-state index contributed by atoms with van der Waals surface area (Å²) in [6.07, 6.45) is 1.31. The van der Waals surface area contributed by atoms with Gasteiger partial charge in [-0.25, -0.2) is 4.39 Å². The Morgan fingerprint density at radius 1 is 1.36 bits per heavy atom. The molecule has 1 fully saturated rings. The molecule has 0 saturated heterocycles. The monoisotopic (exact) mass is 212 g/mol. The van der Waals surface area contributed by atoms with Crippen molar-refractivity contribution in [2.24, 2.45) is 0 Å². The van der Waals surface area contributed by atoms with E-state index in [1.807, 2.05) is 31.2 Å². The highest BCUT2D eigenvalue weighted by Gasteiger charge is 2.43. The molecule has 76 valence electrons. The molecule has 0 aliphatic heterocycles. The van der Waals surface area contributed by atoms with Gasteiger partial charge in [-0.2, -0.15) is 0 Å². The summed E-state index contributed by atoms with van der Waals surface area (Å²) in [4.78, 5) is 1.03. The Balaban J connectivity index is 1.77. The first-order valence-electron chi connectivity index (χ1n) is 4.73. The molecule has 0 N–H and O–H groups in total. The van der Waals surface area contributed by atoms with Gasteiger partial charge in [-0.05, 0) is 31.9 Å². The molecule has 3 heteroatoms. The Bertz CT molecular complexity index is 306. The van der Waals surface area contributed by atoms with Crippen LogP contribution in [0.4, 0.5) is 4.39 Å². The maximum atomic E-state index is 13.1. The number of hydrogen-bond donors (Lipinski definition) is 0. The molecular formula is C11H13FOS. The van der Waals surface area contributed by atoms with Crippen molar-refractivity contribution < 1.29 is 8.57 Å². The third-order valence-electron chi connectivity index (χ3n) is 2.29. The molecule has 0 amide bonds. The minimum Gasteiger partial charge on any atom is -0.307 e. The molecule has 1 aliphatic carbocycles. The van der Waals surface area contributed by atoms with Crippen LogP contribution in [-0.4, -0.2) is 12.3 Å². The second-order valence-electron chi connectivity index (χ2n) is 3.81. The predicted molar refractivity (Wildman–Crippen MR) is 56.1 cm³/mol. The summed E-state index contributed by atoms with van der Waals surface area (Å²) in [6.45, 7) is 2.25. The van der Waals surface area contributed by atoms with E-state index in [4.69, 9.17) is 4.18 Å². The highest BCUT2D eigenvalue weighted by atomic mass is 32.2. The van der Waals surface area contributed by atoms with Crippen molar-refractivity contribution in [1.29, 1.82) is 0 Å². The Labute approximate surface area is 87.9 Å². The van der Waals surface area contributed by atoms with Crippen LogP contribution < -0.4 is 0 Å². The Hall–Kier alpha value is -0.540. The first-order chi connectivity index (χ1) is 6.68. The molecule has 0 radical (unpaired) electrons. The lowest BCUT2D eigenvalue weighted by Crippen LogP contribution is -2.06. The molecule has 2 rings (SSSR count). The smallest absolute Gasteiger partial charge is 0.135 e. The van der Waals surface area contributed by atoms with Gasteiger partial charge in [0, 0.05) is 16.9 Å². The zero-order valence-corrected chi connectivity index (χ0v) is 8.94. The van der Waals surface area contributed by atoms with Crippen molar-refractivity contribution in [2.45, 2.75) is 30.3 Å². The van der Waals surface area contributed by atoms with Gasteiger partial charge in [-0.15, -0.1) is 0 Å². The normalized spacial score (nSPS) is 18.1. The summed E-state index contributed by atoms with van der Waals surface area (Å²) in [6, 6.07) is 8.01. The molecule has 1 saturated carbocycles.